The first kappa shape index (κ1) is 16.1. The SMILES string of the molecule is Cc1nc(C)c(C(C)N(C)CC(O)c2ccccc2F)s1. The van der Waals surface area contributed by atoms with Crippen molar-refractivity contribution in [2.45, 2.75) is 32.9 Å². The van der Waals surface area contributed by atoms with Gasteiger partial charge in [-0.15, -0.1) is 11.3 Å². The van der Waals surface area contributed by atoms with Crippen LogP contribution in [0.2, 0.25) is 0 Å². The molecule has 0 aliphatic rings. The lowest BCUT2D eigenvalue weighted by atomic mass is 10.1. The molecule has 0 amide bonds. The Labute approximate surface area is 129 Å². The first-order valence-corrected chi connectivity index (χ1v) is 7.78. The van der Waals surface area contributed by atoms with E-state index < -0.39 is 6.10 Å². The van der Waals surface area contributed by atoms with Gasteiger partial charge < -0.3 is 5.11 Å². The Balaban J connectivity index is 2.09. The summed E-state index contributed by atoms with van der Waals surface area (Å²) in [6.07, 6.45) is -0.840. The van der Waals surface area contributed by atoms with E-state index in [-0.39, 0.29) is 11.9 Å². The van der Waals surface area contributed by atoms with Crippen molar-refractivity contribution >= 4 is 11.3 Å². The van der Waals surface area contributed by atoms with Crippen LogP contribution in [0.5, 0.6) is 0 Å². The fraction of sp³-hybridized carbons (Fsp3) is 0.438. The van der Waals surface area contributed by atoms with Crippen molar-refractivity contribution in [1.82, 2.24) is 9.88 Å². The van der Waals surface area contributed by atoms with Crippen LogP contribution in [0.4, 0.5) is 4.39 Å². The summed E-state index contributed by atoms with van der Waals surface area (Å²) in [5.74, 6) is -0.365. The van der Waals surface area contributed by atoms with Crippen molar-refractivity contribution in [3.63, 3.8) is 0 Å². The molecule has 2 aromatic rings. The van der Waals surface area contributed by atoms with Crippen molar-refractivity contribution < 1.29 is 9.50 Å². The third kappa shape index (κ3) is 3.67. The molecule has 1 aromatic heterocycles. The Bertz CT molecular complexity index is 614. The number of thiazole rings is 1. The van der Waals surface area contributed by atoms with Crippen molar-refractivity contribution in [2.75, 3.05) is 13.6 Å². The second-order valence-electron chi connectivity index (χ2n) is 5.34. The summed E-state index contributed by atoms with van der Waals surface area (Å²) in [6, 6.07) is 6.50. The van der Waals surface area contributed by atoms with Crippen molar-refractivity contribution in [1.29, 1.82) is 0 Å². The average molecular weight is 308 g/mol. The van der Waals surface area contributed by atoms with E-state index in [1.54, 1.807) is 29.5 Å². The third-order valence-corrected chi connectivity index (χ3v) is 4.95. The van der Waals surface area contributed by atoms with E-state index in [0.717, 1.165) is 10.7 Å². The molecule has 3 nitrogen and oxygen atoms in total. The zero-order valence-corrected chi connectivity index (χ0v) is 13.6. The molecule has 1 aromatic carbocycles. The molecule has 1 N–H and O–H groups in total. The highest BCUT2D eigenvalue weighted by atomic mass is 32.1. The second kappa shape index (κ2) is 6.64. The van der Waals surface area contributed by atoms with Gasteiger partial charge in [-0.2, -0.15) is 0 Å². The number of benzene rings is 1. The quantitative estimate of drug-likeness (QED) is 0.916. The van der Waals surface area contributed by atoms with Crippen LogP contribution in [0.15, 0.2) is 24.3 Å². The number of halogens is 1. The van der Waals surface area contributed by atoms with Gasteiger partial charge in [-0.25, -0.2) is 9.37 Å². The first-order chi connectivity index (χ1) is 9.90. The summed E-state index contributed by atoms with van der Waals surface area (Å²) >= 11 is 1.67. The summed E-state index contributed by atoms with van der Waals surface area (Å²) < 4.78 is 13.7. The summed E-state index contributed by atoms with van der Waals surface area (Å²) in [6.45, 7) is 6.44. The molecule has 1 heterocycles. The van der Waals surface area contributed by atoms with Crippen molar-refractivity contribution in [3.05, 3.63) is 51.2 Å². The maximum Gasteiger partial charge on any atom is 0.129 e. The molecule has 0 spiro atoms. The molecule has 0 bridgehead atoms. The number of aromatic nitrogens is 1. The zero-order chi connectivity index (χ0) is 15.6. The predicted molar refractivity (Wildman–Crippen MR) is 84.0 cm³/mol. The van der Waals surface area contributed by atoms with Crippen molar-refractivity contribution in [3.8, 4) is 0 Å². The smallest absolute Gasteiger partial charge is 0.129 e. The minimum absolute atomic E-state index is 0.137. The van der Waals surface area contributed by atoms with Gasteiger partial charge in [0.1, 0.15) is 5.82 Å². The van der Waals surface area contributed by atoms with E-state index in [4.69, 9.17) is 0 Å². The van der Waals surface area contributed by atoms with E-state index in [2.05, 4.69) is 11.9 Å². The molecule has 2 atom stereocenters. The van der Waals surface area contributed by atoms with Crippen LogP contribution in [0.25, 0.3) is 0 Å². The van der Waals surface area contributed by atoms with Gasteiger partial charge in [0, 0.05) is 23.0 Å². The van der Waals surface area contributed by atoms with Gasteiger partial charge in [0.05, 0.1) is 16.8 Å². The number of aliphatic hydroxyl groups excluding tert-OH is 1. The highest BCUT2D eigenvalue weighted by Gasteiger charge is 2.21. The Morgan fingerprint density at radius 3 is 2.57 bits per heavy atom. The topological polar surface area (TPSA) is 36.4 Å². The van der Waals surface area contributed by atoms with Gasteiger partial charge in [0.25, 0.3) is 0 Å². The van der Waals surface area contributed by atoms with Gasteiger partial charge in [-0.1, -0.05) is 18.2 Å². The van der Waals surface area contributed by atoms with Crippen LogP contribution < -0.4 is 0 Å². The minimum atomic E-state index is -0.840. The monoisotopic (exact) mass is 308 g/mol. The fourth-order valence-electron chi connectivity index (χ4n) is 2.41. The fourth-order valence-corrected chi connectivity index (χ4v) is 3.45. The highest BCUT2D eigenvalue weighted by molar-refractivity contribution is 7.11. The molecule has 0 fully saturated rings. The molecule has 0 radical (unpaired) electrons. The predicted octanol–water partition coefficient (Wildman–Crippen LogP) is 3.63. The largest absolute Gasteiger partial charge is 0.387 e. The molecule has 0 aliphatic carbocycles. The lowest BCUT2D eigenvalue weighted by molar-refractivity contribution is 0.106. The minimum Gasteiger partial charge on any atom is -0.387 e. The number of likely N-dealkylation sites (N-methyl/N-ethyl adjacent to an activating group) is 1. The summed E-state index contributed by atoms with van der Waals surface area (Å²) in [4.78, 5) is 7.65. The Morgan fingerprint density at radius 1 is 1.33 bits per heavy atom. The number of nitrogens with zero attached hydrogens (tertiary/aromatic N) is 2. The molecule has 2 rings (SSSR count). The molecule has 0 saturated carbocycles. The number of aryl methyl sites for hydroxylation is 2. The standard InChI is InChI=1S/C16H21FN2OS/c1-10-16(21-12(3)18-10)11(2)19(4)9-15(20)13-7-5-6-8-14(13)17/h5-8,11,15,20H,9H2,1-4H3. The van der Waals surface area contributed by atoms with Gasteiger partial charge >= 0.3 is 0 Å². The normalized spacial score (nSPS) is 14.4. The van der Waals surface area contributed by atoms with Gasteiger partial charge in [0.15, 0.2) is 0 Å². The van der Waals surface area contributed by atoms with Crippen LogP contribution in [0.3, 0.4) is 0 Å². The molecule has 114 valence electrons. The number of rotatable bonds is 5. The molecule has 0 aliphatic heterocycles. The second-order valence-corrected chi connectivity index (χ2v) is 6.57. The lowest BCUT2D eigenvalue weighted by Crippen LogP contribution is -2.28. The first-order valence-electron chi connectivity index (χ1n) is 6.96. The zero-order valence-electron chi connectivity index (χ0n) is 12.8. The Morgan fingerprint density at radius 2 is 2.00 bits per heavy atom. The van der Waals surface area contributed by atoms with Crippen molar-refractivity contribution in [2.24, 2.45) is 0 Å². The van der Waals surface area contributed by atoms with Gasteiger partial charge in [0.2, 0.25) is 0 Å². The van der Waals surface area contributed by atoms with Crippen LogP contribution in [-0.4, -0.2) is 28.6 Å². The van der Waals surface area contributed by atoms with E-state index in [9.17, 15) is 9.50 Å². The number of hydrogen-bond acceptors (Lipinski definition) is 4. The van der Waals surface area contributed by atoms with E-state index in [0.29, 0.717) is 12.1 Å². The van der Waals surface area contributed by atoms with E-state index >= 15 is 0 Å². The molecule has 21 heavy (non-hydrogen) atoms. The van der Waals surface area contributed by atoms with Crippen LogP contribution >= 0.6 is 11.3 Å². The average Bonchev–Trinajstić information content (AvgIpc) is 2.77. The van der Waals surface area contributed by atoms with Crippen LogP contribution in [0, 0.1) is 19.7 Å². The molecule has 2 unspecified atom stereocenters. The third-order valence-electron chi connectivity index (χ3n) is 3.71. The maximum atomic E-state index is 13.7. The number of hydrogen-bond donors (Lipinski definition) is 1. The summed E-state index contributed by atoms with van der Waals surface area (Å²) in [5, 5.41) is 11.3. The molecular formula is C16H21FN2OS. The number of aliphatic hydroxyl groups is 1. The molecule has 0 saturated heterocycles. The van der Waals surface area contributed by atoms with Crippen LogP contribution in [0.1, 0.15) is 40.2 Å². The Kier molecular flexibility index (Phi) is 5.08. The highest BCUT2D eigenvalue weighted by Crippen LogP contribution is 2.29. The summed E-state index contributed by atoms with van der Waals surface area (Å²) in [5.41, 5.74) is 1.37. The van der Waals surface area contributed by atoms with E-state index in [1.807, 2.05) is 25.8 Å². The van der Waals surface area contributed by atoms with Gasteiger partial charge in [-0.05, 0) is 33.9 Å². The van der Waals surface area contributed by atoms with E-state index in [1.165, 1.54) is 10.9 Å². The molecule has 5 heteroatoms. The maximum absolute atomic E-state index is 13.7. The molecular weight excluding hydrogens is 287 g/mol. The lowest BCUT2D eigenvalue weighted by Gasteiger charge is -2.26. The van der Waals surface area contributed by atoms with Gasteiger partial charge in [-0.3, -0.25) is 4.90 Å². The summed E-state index contributed by atoms with van der Waals surface area (Å²) in [7, 11) is 1.93. The van der Waals surface area contributed by atoms with Crippen LogP contribution in [-0.2, 0) is 0 Å². The Hall–Kier alpha value is -1.30.